The lowest BCUT2D eigenvalue weighted by Gasteiger charge is -2.19. The molecule has 1 aliphatic heterocycles. The fourth-order valence-electron chi connectivity index (χ4n) is 2.51. The van der Waals surface area contributed by atoms with E-state index in [9.17, 15) is 9.90 Å². The summed E-state index contributed by atoms with van der Waals surface area (Å²) >= 11 is 0. The zero-order valence-electron chi connectivity index (χ0n) is 13.3. The van der Waals surface area contributed by atoms with Gasteiger partial charge in [0.2, 0.25) is 0 Å². The van der Waals surface area contributed by atoms with Crippen molar-refractivity contribution < 1.29 is 29.3 Å². The number of ether oxygens (including phenoxy) is 2. The molecule has 0 saturated carbocycles. The van der Waals surface area contributed by atoms with Crippen molar-refractivity contribution in [1.29, 1.82) is 0 Å². The van der Waals surface area contributed by atoms with Crippen LogP contribution < -0.4 is 9.47 Å². The molecule has 0 fully saturated rings. The van der Waals surface area contributed by atoms with Crippen LogP contribution in [0.5, 0.6) is 11.5 Å². The maximum Gasteiger partial charge on any atom is 0.337 e. The largest absolute Gasteiger partial charge is 0.486 e. The van der Waals surface area contributed by atoms with Crippen molar-refractivity contribution in [2.75, 3.05) is 13.2 Å². The van der Waals surface area contributed by atoms with Crippen LogP contribution in [0.3, 0.4) is 0 Å². The summed E-state index contributed by atoms with van der Waals surface area (Å²) in [6.07, 6.45) is 0. The summed E-state index contributed by atoms with van der Waals surface area (Å²) in [5, 5.41) is 16.1. The fraction of sp³-hybridized carbons (Fsp3) is 0.235. The minimum atomic E-state index is -0.953. The average Bonchev–Trinajstić information content (AvgIpc) is 2.54. The van der Waals surface area contributed by atoms with E-state index in [1.165, 1.54) is 0 Å². The van der Waals surface area contributed by atoms with Crippen LogP contribution in [-0.2, 0) is 4.79 Å². The van der Waals surface area contributed by atoms with Crippen LogP contribution in [-0.4, -0.2) is 40.9 Å². The van der Waals surface area contributed by atoms with E-state index in [4.69, 9.17) is 19.4 Å². The van der Waals surface area contributed by atoms with Crippen LogP contribution in [0.15, 0.2) is 24.3 Å². The van der Waals surface area contributed by atoms with Gasteiger partial charge in [0.25, 0.3) is 6.47 Å². The first-order valence-electron chi connectivity index (χ1n) is 7.17. The van der Waals surface area contributed by atoms with Gasteiger partial charge in [0, 0.05) is 5.56 Å². The van der Waals surface area contributed by atoms with E-state index < -0.39 is 5.97 Å². The summed E-state index contributed by atoms with van der Waals surface area (Å²) in [4.78, 5) is 24.0. The van der Waals surface area contributed by atoms with Crippen LogP contribution in [0.2, 0.25) is 0 Å². The van der Waals surface area contributed by atoms with Crippen molar-refractivity contribution in [3.8, 4) is 22.8 Å². The lowest BCUT2D eigenvalue weighted by molar-refractivity contribution is -0.122. The van der Waals surface area contributed by atoms with Gasteiger partial charge in [-0.2, -0.15) is 0 Å². The Morgan fingerprint density at radius 2 is 1.79 bits per heavy atom. The monoisotopic (exact) mass is 331 g/mol. The molecule has 126 valence electrons. The highest BCUT2D eigenvalue weighted by Gasteiger charge is 2.16. The number of benzene rings is 1. The quantitative estimate of drug-likeness (QED) is 0.814. The van der Waals surface area contributed by atoms with Crippen LogP contribution >= 0.6 is 0 Å². The Bertz CT molecular complexity index is 749. The van der Waals surface area contributed by atoms with Gasteiger partial charge in [0.1, 0.15) is 13.2 Å². The topological polar surface area (TPSA) is 106 Å². The first kappa shape index (κ1) is 17.3. The molecule has 2 aromatic rings. The third-order valence-corrected chi connectivity index (χ3v) is 3.45. The van der Waals surface area contributed by atoms with E-state index in [-0.39, 0.29) is 12.0 Å². The van der Waals surface area contributed by atoms with Gasteiger partial charge in [-0.15, -0.1) is 0 Å². The fourth-order valence-corrected chi connectivity index (χ4v) is 2.51. The number of hydrogen-bond donors (Lipinski definition) is 2. The Hall–Kier alpha value is -3.09. The van der Waals surface area contributed by atoms with Crippen LogP contribution in [0.4, 0.5) is 0 Å². The van der Waals surface area contributed by atoms with E-state index in [1.807, 2.05) is 18.2 Å². The highest BCUT2D eigenvalue weighted by molar-refractivity contribution is 5.91. The standard InChI is InChI=1S/C16H15NO4.CH2O2/c1-9-7-12(17-10(2)15(9)16(18)19)11-3-4-13-14(8-11)21-6-5-20-13;2-1-3/h3-4,7-8H,5-6H2,1-2H3,(H,18,19);1H,(H,2,3). The lowest BCUT2D eigenvalue weighted by atomic mass is 10.0. The summed E-state index contributed by atoms with van der Waals surface area (Å²) in [6, 6.07) is 7.40. The van der Waals surface area contributed by atoms with E-state index in [0.717, 1.165) is 17.0 Å². The summed E-state index contributed by atoms with van der Waals surface area (Å²) in [6.45, 7) is 4.31. The van der Waals surface area contributed by atoms with Gasteiger partial charge in [0.15, 0.2) is 11.5 Å². The molecule has 24 heavy (non-hydrogen) atoms. The Labute approximate surface area is 138 Å². The van der Waals surface area contributed by atoms with Crippen molar-refractivity contribution >= 4 is 12.4 Å². The second-order valence-electron chi connectivity index (χ2n) is 5.05. The summed E-state index contributed by atoms with van der Waals surface area (Å²) in [5.74, 6) is 0.463. The zero-order valence-corrected chi connectivity index (χ0v) is 13.3. The highest BCUT2D eigenvalue weighted by Crippen LogP contribution is 2.34. The Morgan fingerprint density at radius 3 is 2.38 bits per heavy atom. The third kappa shape index (κ3) is 3.62. The number of fused-ring (bicyclic) bond motifs is 1. The molecule has 7 nitrogen and oxygen atoms in total. The lowest BCUT2D eigenvalue weighted by Crippen LogP contribution is -2.15. The first-order chi connectivity index (χ1) is 11.5. The molecule has 0 bridgehead atoms. The molecule has 1 aromatic carbocycles. The predicted octanol–water partition coefficient (Wildman–Crippen LogP) is 2.54. The molecular formula is C17H17NO6. The number of carboxylic acids is 1. The van der Waals surface area contributed by atoms with Crippen LogP contribution in [0.25, 0.3) is 11.3 Å². The summed E-state index contributed by atoms with van der Waals surface area (Å²) in [7, 11) is 0. The number of nitrogens with zero attached hydrogens (tertiary/aromatic N) is 1. The highest BCUT2D eigenvalue weighted by atomic mass is 16.6. The minimum absolute atomic E-state index is 0.250. The number of aromatic nitrogens is 1. The molecule has 2 heterocycles. The summed E-state index contributed by atoms with van der Waals surface area (Å²) < 4.78 is 11.1. The van der Waals surface area contributed by atoms with Gasteiger partial charge in [-0.05, 0) is 43.7 Å². The number of aryl methyl sites for hydroxylation is 2. The summed E-state index contributed by atoms with van der Waals surface area (Å²) in [5.41, 5.74) is 3.07. The second-order valence-corrected chi connectivity index (χ2v) is 5.05. The van der Waals surface area contributed by atoms with Gasteiger partial charge in [-0.25, -0.2) is 4.79 Å². The van der Waals surface area contributed by atoms with E-state index in [2.05, 4.69) is 4.98 Å². The molecule has 0 aliphatic carbocycles. The molecule has 0 atom stereocenters. The van der Waals surface area contributed by atoms with Crippen LogP contribution in [0, 0.1) is 13.8 Å². The van der Waals surface area contributed by atoms with E-state index in [0.29, 0.717) is 30.2 Å². The van der Waals surface area contributed by atoms with Crippen molar-refractivity contribution in [3.63, 3.8) is 0 Å². The molecule has 7 heteroatoms. The zero-order chi connectivity index (χ0) is 17.7. The second kappa shape index (κ2) is 7.45. The number of hydrogen-bond acceptors (Lipinski definition) is 5. The average molecular weight is 331 g/mol. The Kier molecular flexibility index (Phi) is 5.36. The Morgan fingerprint density at radius 1 is 1.17 bits per heavy atom. The number of pyridine rings is 1. The van der Waals surface area contributed by atoms with Crippen molar-refractivity contribution in [2.45, 2.75) is 13.8 Å². The Balaban J connectivity index is 0.000000647. The molecule has 1 aliphatic rings. The van der Waals surface area contributed by atoms with Gasteiger partial charge in [-0.1, -0.05) is 0 Å². The molecule has 1 aromatic heterocycles. The molecule has 0 amide bonds. The predicted molar refractivity (Wildman–Crippen MR) is 85.8 cm³/mol. The number of aromatic carboxylic acids is 1. The molecule has 0 unspecified atom stereocenters. The SMILES string of the molecule is Cc1cc(-c2ccc3c(c2)OCCO3)nc(C)c1C(=O)O.O=CO. The van der Waals surface area contributed by atoms with Gasteiger partial charge in [0.05, 0.1) is 17.0 Å². The molecule has 3 rings (SSSR count). The van der Waals surface area contributed by atoms with Gasteiger partial charge >= 0.3 is 5.97 Å². The molecular weight excluding hydrogens is 314 g/mol. The molecule has 0 radical (unpaired) electrons. The smallest absolute Gasteiger partial charge is 0.337 e. The minimum Gasteiger partial charge on any atom is -0.486 e. The van der Waals surface area contributed by atoms with E-state index >= 15 is 0 Å². The third-order valence-electron chi connectivity index (χ3n) is 3.45. The van der Waals surface area contributed by atoms with Crippen molar-refractivity contribution in [3.05, 3.63) is 41.1 Å². The van der Waals surface area contributed by atoms with Crippen molar-refractivity contribution in [2.24, 2.45) is 0 Å². The van der Waals surface area contributed by atoms with E-state index in [1.54, 1.807) is 19.9 Å². The van der Waals surface area contributed by atoms with Gasteiger partial charge < -0.3 is 19.7 Å². The first-order valence-corrected chi connectivity index (χ1v) is 7.17. The number of rotatable bonds is 2. The van der Waals surface area contributed by atoms with Gasteiger partial charge in [-0.3, -0.25) is 9.78 Å². The number of carboxylic acid groups (broad SMARTS) is 2. The maximum absolute atomic E-state index is 11.2. The molecule has 2 N–H and O–H groups in total. The van der Waals surface area contributed by atoms with Crippen molar-refractivity contribution in [1.82, 2.24) is 4.98 Å². The molecule has 0 saturated heterocycles. The van der Waals surface area contributed by atoms with Crippen LogP contribution in [0.1, 0.15) is 21.6 Å². The molecule has 0 spiro atoms. The normalized spacial score (nSPS) is 11.9. The number of carbonyl (C=O) groups is 2. The maximum atomic E-state index is 11.2.